The van der Waals surface area contributed by atoms with Crippen molar-refractivity contribution >= 4 is 34.0 Å². The highest BCUT2D eigenvalue weighted by Crippen LogP contribution is 2.27. The van der Waals surface area contributed by atoms with E-state index in [1.807, 2.05) is 84.9 Å². The zero-order chi connectivity index (χ0) is 23.0. The van der Waals surface area contributed by atoms with Gasteiger partial charge >= 0.3 is 5.97 Å². The summed E-state index contributed by atoms with van der Waals surface area (Å²) in [6.45, 7) is 2.14. The first-order chi connectivity index (χ1) is 16.1. The summed E-state index contributed by atoms with van der Waals surface area (Å²) in [5.41, 5.74) is 3.80. The minimum Gasteiger partial charge on any atom is -0.448 e. The smallest absolute Gasteiger partial charge is 0.358 e. The Hall–Kier alpha value is -3.97. The summed E-state index contributed by atoms with van der Waals surface area (Å²) >= 11 is 1.31. The molecule has 6 nitrogen and oxygen atoms in total. The zero-order valence-electron chi connectivity index (χ0n) is 18.0. The maximum Gasteiger partial charge on any atom is 0.358 e. The monoisotopic (exact) mass is 457 g/mol. The van der Waals surface area contributed by atoms with Gasteiger partial charge < -0.3 is 15.4 Å². The van der Waals surface area contributed by atoms with Crippen molar-refractivity contribution in [3.63, 3.8) is 0 Å². The molecule has 33 heavy (non-hydrogen) atoms. The van der Waals surface area contributed by atoms with Crippen LogP contribution in [0.2, 0.25) is 0 Å². The standard InChI is InChI=1S/C26H23N3O3S/c1-18(24(30)28-22-15-9-8-14-21(22)20-12-6-3-7-13-20)32-25(31)23-17-33-26(29-23)27-16-19-10-4-2-5-11-19/h2-15,17-18H,16H2,1H3,(H,27,29)(H,28,30). The van der Waals surface area contributed by atoms with E-state index in [2.05, 4.69) is 15.6 Å². The first-order valence-corrected chi connectivity index (χ1v) is 11.4. The van der Waals surface area contributed by atoms with Crippen molar-refractivity contribution in [2.45, 2.75) is 19.6 Å². The van der Waals surface area contributed by atoms with E-state index >= 15 is 0 Å². The number of rotatable bonds is 8. The fourth-order valence-electron chi connectivity index (χ4n) is 3.19. The molecule has 0 saturated heterocycles. The molecule has 1 amide bonds. The van der Waals surface area contributed by atoms with Crippen LogP contribution in [0.15, 0.2) is 90.3 Å². The molecule has 4 rings (SSSR count). The molecule has 7 heteroatoms. The van der Waals surface area contributed by atoms with Crippen molar-refractivity contribution in [1.29, 1.82) is 0 Å². The number of nitrogens with one attached hydrogen (secondary N) is 2. The first-order valence-electron chi connectivity index (χ1n) is 10.5. The van der Waals surface area contributed by atoms with E-state index in [-0.39, 0.29) is 5.69 Å². The second-order valence-electron chi connectivity index (χ2n) is 7.33. The van der Waals surface area contributed by atoms with Crippen molar-refractivity contribution in [3.05, 3.63) is 102 Å². The minimum atomic E-state index is -0.983. The van der Waals surface area contributed by atoms with Crippen molar-refractivity contribution < 1.29 is 14.3 Å². The van der Waals surface area contributed by atoms with Crippen molar-refractivity contribution in [2.24, 2.45) is 0 Å². The molecule has 166 valence electrons. The molecule has 3 aromatic carbocycles. The summed E-state index contributed by atoms with van der Waals surface area (Å²) in [6, 6.07) is 27.2. The van der Waals surface area contributed by atoms with Crippen LogP contribution in [0, 0.1) is 0 Å². The van der Waals surface area contributed by atoms with Gasteiger partial charge in [-0.25, -0.2) is 9.78 Å². The lowest BCUT2D eigenvalue weighted by atomic mass is 10.0. The molecule has 0 fully saturated rings. The number of aromatic nitrogens is 1. The number of thiazole rings is 1. The Morgan fingerprint density at radius 2 is 1.61 bits per heavy atom. The highest BCUT2D eigenvalue weighted by atomic mass is 32.1. The predicted octanol–water partition coefficient (Wildman–Crippen LogP) is 5.61. The highest BCUT2D eigenvalue weighted by Gasteiger charge is 2.22. The van der Waals surface area contributed by atoms with E-state index in [1.165, 1.54) is 11.3 Å². The second-order valence-corrected chi connectivity index (χ2v) is 8.18. The Bertz CT molecular complexity index is 1230. The number of esters is 1. The van der Waals surface area contributed by atoms with Crippen LogP contribution < -0.4 is 10.6 Å². The van der Waals surface area contributed by atoms with Crippen molar-refractivity contribution in [3.8, 4) is 11.1 Å². The third kappa shape index (κ3) is 5.84. The van der Waals surface area contributed by atoms with E-state index in [0.29, 0.717) is 17.4 Å². The van der Waals surface area contributed by atoms with Gasteiger partial charge in [-0.15, -0.1) is 11.3 Å². The number of amides is 1. The molecule has 0 aliphatic heterocycles. The van der Waals surface area contributed by atoms with E-state index in [0.717, 1.165) is 16.7 Å². The molecule has 0 bridgehead atoms. The molecule has 2 N–H and O–H groups in total. The van der Waals surface area contributed by atoms with Crippen LogP contribution >= 0.6 is 11.3 Å². The van der Waals surface area contributed by atoms with Gasteiger partial charge in [0, 0.05) is 23.2 Å². The lowest BCUT2D eigenvalue weighted by Crippen LogP contribution is -2.30. The van der Waals surface area contributed by atoms with Crippen LogP contribution in [-0.4, -0.2) is 23.0 Å². The molecule has 4 aromatic rings. The van der Waals surface area contributed by atoms with Gasteiger partial charge in [0.15, 0.2) is 16.9 Å². The summed E-state index contributed by atoms with van der Waals surface area (Å²) in [5, 5.41) is 8.28. The van der Waals surface area contributed by atoms with Crippen molar-refractivity contribution in [2.75, 3.05) is 10.6 Å². The molecular formula is C26H23N3O3S. The number of carbonyl (C=O) groups is 2. The van der Waals surface area contributed by atoms with Crippen LogP contribution in [0.1, 0.15) is 23.0 Å². The number of anilines is 2. The molecular weight excluding hydrogens is 434 g/mol. The number of hydrogen-bond donors (Lipinski definition) is 2. The SMILES string of the molecule is CC(OC(=O)c1csc(NCc2ccccc2)n1)C(=O)Nc1ccccc1-c1ccccc1. The summed E-state index contributed by atoms with van der Waals surface area (Å²) in [5.74, 6) is -1.05. The lowest BCUT2D eigenvalue weighted by molar-refractivity contribution is -0.123. The molecule has 1 unspecified atom stereocenters. The quantitative estimate of drug-likeness (QED) is 0.336. The number of hydrogen-bond acceptors (Lipinski definition) is 6. The Morgan fingerprint density at radius 3 is 2.36 bits per heavy atom. The molecule has 0 saturated carbocycles. The zero-order valence-corrected chi connectivity index (χ0v) is 18.8. The predicted molar refractivity (Wildman–Crippen MR) is 131 cm³/mol. The molecule has 1 atom stereocenters. The summed E-state index contributed by atoms with van der Waals surface area (Å²) < 4.78 is 5.36. The first kappa shape index (κ1) is 22.2. The van der Waals surface area contributed by atoms with E-state index < -0.39 is 18.0 Å². The van der Waals surface area contributed by atoms with Crippen LogP contribution in [0.5, 0.6) is 0 Å². The number of carbonyl (C=O) groups excluding carboxylic acids is 2. The minimum absolute atomic E-state index is 0.167. The summed E-state index contributed by atoms with van der Waals surface area (Å²) in [4.78, 5) is 29.5. The van der Waals surface area contributed by atoms with E-state index in [4.69, 9.17) is 4.74 Å². The summed E-state index contributed by atoms with van der Waals surface area (Å²) in [7, 11) is 0. The molecule has 0 aliphatic rings. The van der Waals surface area contributed by atoms with Crippen molar-refractivity contribution in [1.82, 2.24) is 4.98 Å². The highest BCUT2D eigenvalue weighted by molar-refractivity contribution is 7.13. The fourth-order valence-corrected chi connectivity index (χ4v) is 3.87. The average molecular weight is 458 g/mol. The maximum absolute atomic E-state index is 12.7. The fraction of sp³-hybridized carbons (Fsp3) is 0.115. The normalized spacial score (nSPS) is 11.4. The Morgan fingerprint density at radius 1 is 0.939 bits per heavy atom. The van der Waals surface area contributed by atoms with Gasteiger partial charge in [0.05, 0.1) is 0 Å². The van der Waals surface area contributed by atoms with E-state index in [9.17, 15) is 9.59 Å². The van der Waals surface area contributed by atoms with Gasteiger partial charge in [-0.2, -0.15) is 0 Å². The van der Waals surface area contributed by atoms with Crippen LogP contribution in [0.25, 0.3) is 11.1 Å². The van der Waals surface area contributed by atoms with Gasteiger partial charge in [0.2, 0.25) is 0 Å². The number of para-hydroxylation sites is 1. The van der Waals surface area contributed by atoms with Gasteiger partial charge in [0.25, 0.3) is 5.91 Å². The molecule has 1 aromatic heterocycles. The van der Waals surface area contributed by atoms with Crippen LogP contribution in [0.4, 0.5) is 10.8 Å². The molecule has 0 radical (unpaired) electrons. The topological polar surface area (TPSA) is 80.3 Å². The Balaban J connectivity index is 1.35. The van der Waals surface area contributed by atoms with Crippen LogP contribution in [0.3, 0.4) is 0 Å². The Labute approximate surface area is 196 Å². The molecule has 0 spiro atoms. The third-order valence-electron chi connectivity index (χ3n) is 4.92. The maximum atomic E-state index is 12.7. The number of ether oxygens (including phenoxy) is 1. The average Bonchev–Trinajstić information content (AvgIpc) is 3.33. The number of nitrogens with zero attached hydrogens (tertiary/aromatic N) is 1. The number of benzene rings is 3. The van der Waals surface area contributed by atoms with Gasteiger partial charge in [-0.3, -0.25) is 4.79 Å². The second kappa shape index (κ2) is 10.6. The van der Waals surface area contributed by atoms with Gasteiger partial charge in [-0.1, -0.05) is 78.9 Å². The van der Waals surface area contributed by atoms with Gasteiger partial charge in [-0.05, 0) is 24.1 Å². The summed E-state index contributed by atoms with van der Waals surface area (Å²) in [6.07, 6.45) is -0.983. The molecule has 1 heterocycles. The third-order valence-corrected chi connectivity index (χ3v) is 5.72. The van der Waals surface area contributed by atoms with E-state index in [1.54, 1.807) is 12.3 Å². The largest absolute Gasteiger partial charge is 0.448 e. The van der Waals surface area contributed by atoms with Crippen LogP contribution in [-0.2, 0) is 16.1 Å². The lowest BCUT2D eigenvalue weighted by Gasteiger charge is -2.15. The van der Waals surface area contributed by atoms with Gasteiger partial charge in [0.1, 0.15) is 0 Å². The Kier molecular flexibility index (Phi) is 7.12. The molecule has 0 aliphatic carbocycles.